The SMILES string of the molecule is CCNC(=O)CC1(C)SCCC2=C1Cc1ccccc12. The minimum Gasteiger partial charge on any atom is -0.356 e. The van der Waals surface area contributed by atoms with Gasteiger partial charge in [-0.05, 0) is 54.7 Å². The van der Waals surface area contributed by atoms with E-state index in [4.69, 9.17) is 0 Å². The molecule has 1 aliphatic heterocycles. The summed E-state index contributed by atoms with van der Waals surface area (Å²) in [6, 6.07) is 8.70. The highest BCUT2D eigenvalue weighted by Crippen LogP contribution is 2.51. The van der Waals surface area contributed by atoms with Gasteiger partial charge >= 0.3 is 0 Å². The molecule has 1 atom stereocenters. The minimum absolute atomic E-state index is 0.0359. The van der Waals surface area contributed by atoms with Gasteiger partial charge in [-0.25, -0.2) is 0 Å². The Balaban J connectivity index is 1.92. The van der Waals surface area contributed by atoms with Crippen LogP contribution in [0.3, 0.4) is 0 Å². The third-order valence-electron chi connectivity index (χ3n) is 4.36. The van der Waals surface area contributed by atoms with Crippen LogP contribution in [0.25, 0.3) is 5.57 Å². The van der Waals surface area contributed by atoms with Crippen molar-refractivity contribution in [1.29, 1.82) is 0 Å². The average Bonchev–Trinajstić information content (AvgIpc) is 2.79. The van der Waals surface area contributed by atoms with Crippen molar-refractivity contribution >= 4 is 23.2 Å². The van der Waals surface area contributed by atoms with E-state index >= 15 is 0 Å². The van der Waals surface area contributed by atoms with Gasteiger partial charge < -0.3 is 5.32 Å². The topological polar surface area (TPSA) is 29.1 Å². The Morgan fingerprint density at radius 3 is 3.00 bits per heavy atom. The number of hydrogen-bond acceptors (Lipinski definition) is 2. The number of hydrogen-bond donors (Lipinski definition) is 1. The molecule has 1 amide bonds. The molecule has 2 aliphatic rings. The molecule has 1 N–H and O–H groups in total. The Bertz CT molecular complexity index is 578. The molecule has 1 aromatic carbocycles. The number of fused-ring (bicyclic) bond motifs is 2. The van der Waals surface area contributed by atoms with Crippen LogP contribution in [0.1, 0.15) is 37.8 Å². The van der Waals surface area contributed by atoms with Crippen molar-refractivity contribution in [2.24, 2.45) is 0 Å². The zero-order valence-electron chi connectivity index (χ0n) is 12.2. The molecule has 0 bridgehead atoms. The van der Waals surface area contributed by atoms with E-state index in [-0.39, 0.29) is 10.7 Å². The number of carbonyl (C=O) groups excluding carboxylic acids is 1. The molecular formula is C17H21NOS. The molecule has 0 spiro atoms. The van der Waals surface area contributed by atoms with Gasteiger partial charge in [0.2, 0.25) is 5.91 Å². The molecule has 1 heterocycles. The molecule has 0 aromatic heterocycles. The van der Waals surface area contributed by atoms with Gasteiger partial charge in [0, 0.05) is 17.7 Å². The van der Waals surface area contributed by atoms with Crippen LogP contribution in [0, 0.1) is 0 Å². The molecule has 1 aliphatic carbocycles. The van der Waals surface area contributed by atoms with Crippen molar-refractivity contribution in [2.75, 3.05) is 12.3 Å². The fourth-order valence-corrected chi connectivity index (χ4v) is 4.77. The molecule has 0 radical (unpaired) electrons. The lowest BCUT2D eigenvalue weighted by molar-refractivity contribution is -0.121. The molecule has 0 saturated heterocycles. The molecule has 106 valence electrons. The first-order valence-corrected chi connectivity index (χ1v) is 8.34. The second-order valence-corrected chi connectivity index (χ2v) is 7.35. The molecule has 1 unspecified atom stereocenters. The largest absolute Gasteiger partial charge is 0.356 e. The van der Waals surface area contributed by atoms with Crippen LogP contribution in [-0.2, 0) is 11.2 Å². The highest BCUT2D eigenvalue weighted by atomic mass is 32.2. The van der Waals surface area contributed by atoms with Crippen LogP contribution in [0.4, 0.5) is 0 Å². The second-order valence-electron chi connectivity index (χ2n) is 5.75. The summed E-state index contributed by atoms with van der Waals surface area (Å²) in [5.74, 6) is 1.29. The van der Waals surface area contributed by atoms with Gasteiger partial charge in [-0.15, -0.1) is 0 Å². The van der Waals surface area contributed by atoms with Crippen molar-refractivity contribution in [1.82, 2.24) is 5.32 Å². The monoisotopic (exact) mass is 287 g/mol. The molecule has 3 rings (SSSR count). The van der Waals surface area contributed by atoms with Crippen molar-refractivity contribution < 1.29 is 4.79 Å². The molecule has 2 nitrogen and oxygen atoms in total. The van der Waals surface area contributed by atoms with E-state index in [2.05, 4.69) is 36.5 Å². The van der Waals surface area contributed by atoms with E-state index in [1.165, 1.54) is 22.3 Å². The number of thioether (sulfide) groups is 1. The number of allylic oxidation sites excluding steroid dienone is 1. The highest BCUT2D eigenvalue weighted by molar-refractivity contribution is 8.00. The van der Waals surface area contributed by atoms with Crippen molar-refractivity contribution in [3.63, 3.8) is 0 Å². The van der Waals surface area contributed by atoms with Crippen LogP contribution in [-0.4, -0.2) is 23.0 Å². The first-order chi connectivity index (χ1) is 9.64. The summed E-state index contributed by atoms with van der Waals surface area (Å²) in [6.07, 6.45) is 2.76. The fourth-order valence-electron chi connectivity index (χ4n) is 3.41. The number of benzene rings is 1. The molecule has 1 aromatic rings. The standard InChI is InChI=1S/C17H21NOS/c1-3-18-16(19)11-17(2)15-10-12-6-4-5-7-13(12)14(15)8-9-20-17/h4-7H,3,8-11H2,1-2H3,(H,18,19). The summed E-state index contributed by atoms with van der Waals surface area (Å²) < 4.78 is -0.0359. The van der Waals surface area contributed by atoms with Crippen LogP contribution < -0.4 is 5.32 Å². The summed E-state index contributed by atoms with van der Waals surface area (Å²) in [7, 11) is 0. The maximum absolute atomic E-state index is 12.0. The van der Waals surface area contributed by atoms with Gasteiger partial charge in [0.25, 0.3) is 0 Å². The van der Waals surface area contributed by atoms with Crippen LogP contribution >= 0.6 is 11.8 Å². The molecule has 0 saturated carbocycles. The first-order valence-electron chi connectivity index (χ1n) is 7.35. The predicted octanol–water partition coefficient (Wildman–Crippen LogP) is 3.42. The van der Waals surface area contributed by atoms with E-state index in [1.54, 1.807) is 0 Å². The average molecular weight is 287 g/mol. The summed E-state index contributed by atoms with van der Waals surface area (Å²) in [4.78, 5) is 12.0. The van der Waals surface area contributed by atoms with Crippen LogP contribution in [0.15, 0.2) is 29.8 Å². The van der Waals surface area contributed by atoms with Crippen molar-refractivity contribution in [2.45, 2.75) is 37.9 Å². The lowest BCUT2D eigenvalue weighted by Crippen LogP contribution is -2.35. The van der Waals surface area contributed by atoms with Gasteiger partial charge in [0.15, 0.2) is 0 Å². The summed E-state index contributed by atoms with van der Waals surface area (Å²) in [5.41, 5.74) is 5.85. The van der Waals surface area contributed by atoms with Crippen LogP contribution in [0.5, 0.6) is 0 Å². The van der Waals surface area contributed by atoms with Crippen LogP contribution in [0.2, 0.25) is 0 Å². The summed E-state index contributed by atoms with van der Waals surface area (Å²) in [6.45, 7) is 4.93. The van der Waals surface area contributed by atoms with Crippen molar-refractivity contribution in [3.05, 3.63) is 41.0 Å². The molecular weight excluding hydrogens is 266 g/mol. The molecule has 0 fully saturated rings. The fraction of sp³-hybridized carbons (Fsp3) is 0.471. The number of rotatable bonds is 3. The van der Waals surface area contributed by atoms with Gasteiger partial charge in [0.1, 0.15) is 0 Å². The predicted molar refractivity (Wildman–Crippen MR) is 85.8 cm³/mol. The smallest absolute Gasteiger partial charge is 0.221 e. The number of nitrogens with one attached hydrogen (secondary N) is 1. The Kier molecular flexibility index (Phi) is 3.63. The Labute approximate surface area is 125 Å². The van der Waals surface area contributed by atoms with E-state index in [1.807, 2.05) is 18.7 Å². The van der Waals surface area contributed by atoms with Gasteiger partial charge in [-0.2, -0.15) is 11.8 Å². The Morgan fingerprint density at radius 1 is 1.40 bits per heavy atom. The van der Waals surface area contributed by atoms with Gasteiger partial charge in [-0.1, -0.05) is 24.3 Å². The van der Waals surface area contributed by atoms with E-state index in [9.17, 15) is 4.79 Å². The highest BCUT2D eigenvalue weighted by Gasteiger charge is 2.40. The summed E-state index contributed by atoms with van der Waals surface area (Å²) >= 11 is 1.95. The summed E-state index contributed by atoms with van der Waals surface area (Å²) in [5, 5.41) is 2.94. The zero-order valence-corrected chi connectivity index (χ0v) is 13.0. The maximum Gasteiger partial charge on any atom is 0.221 e. The third kappa shape index (κ3) is 2.28. The van der Waals surface area contributed by atoms with Gasteiger partial charge in [0.05, 0.1) is 0 Å². The van der Waals surface area contributed by atoms with E-state index < -0.39 is 0 Å². The zero-order chi connectivity index (χ0) is 14.2. The lowest BCUT2D eigenvalue weighted by atomic mass is 9.90. The van der Waals surface area contributed by atoms with Crippen molar-refractivity contribution in [3.8, 4) is 0 Å². The number of amides is 1. The molecule has 20 heavy (non-hydrogen) atoms. The Hall–Kier alpha value is -1.22. The lowest BCUT2D eigenvalue weighted by Gasteiger charge is -2.35. The van der Waals surface area contributed by atoms with E-state index in [0.29, 0.717) is 13.0 Å². The van der Waals surface area contributed by atoms with E-state index in [0.717, 1.165) is 18.6 Å². The second kappa shape index (κ2) is 5.28. The first kappa shape index (κ1) is 13.7. The van der Waals surface area contributed by atoms with Gasteiger partial charge in [-0.3, -0.25) is 4.79 Å². The molecule has 3 heteroatoms. The third-order valence-corrected chi connectivity index (χ3v) is 5.79. The Morgan fingerprint density at radius 2 is 2.20 bits per heavy atom. The maximum atomic E-state index is 12.0. The normalized spacial score (nSPS) is 24.3. The number of carbonyl (C=O) groups is 1. The quantitative estimate of drug-likeness (QED) is 0.923. The minimum atomic E-state index is -0.0359.